The minimum Gasteiger partial charge on any atom is -0.337 e. The summed E-state index contributed by atoms with van der Waals surface area (Å²) < 4.78 is 0. The molecule has 0 bridgehead atoms. The maximum atomic E-state index is 11.1. The zero-order chi connectivity index (χ0) is 10.1. The average molecular weight is 212 g/mol. The van der Waals surface area contributed by atoms with Crippen molar-refractivity contribution in [3.63, 3.8) is 0 Å². The minimum absolute atomic E-state index is 0.0763. The third-order valence-corrected chi connectivity index (χ3v) is 2.55. The van der Waals surface area contributed by atoms with E-state index in [2.05, 4.69) is 10.2 Å². The largest absolute Gasteiger partial charge is 0.337 e. The normalized spacial score (nSPS) is 15.1. The molecule has 1 amide bonds. The fourth-order valence-corrected chi connectivity index (χ4v) is 1.73. The second-order valence-electron chi connectivity index (χ2n) is 3.33. The van der Waals surface area contributed by atoms with Crippen LogP contribution in [0.1, 0.15) is 18.2 Å². The van der Waals surface area contributed by atoms with E-state index in [1.165, 1.54) is 0 Å². The van der Waals surface area contributed by atoms with E-state index in [-0.39, 0.29) is 5.91 Å². The Hall–Kier alpha value is -1.16. The zero-order valence-electron chi connectivity index (χ0n) is 7.83. The van der Waals surface area contributed by atoms with Gasteiger partial charge in [-0.3, -0.25) is 4.79 Å². The molecule has 2 heterocycles. The van der Waals surface area contributed by atoms with E-state index in [1.807, 2.05) is 6.07 Å². The topological polar surface area (TPSA) is 46.1 Å². The van der Waals surface area contributed by atoms with Gasteiger partial charge in [-0.15, -0.1) is 5.10 Å². The van der Waals surface area contributed by atoms with Gasteiger partial charge in [0.2, 0.25) is 5.91 Å². The van der Waals surface area contributed by atoms with E-state index in [4.69, 9.17) is 11.6 Å². The number of aromatic nitrogens is 2. The number of hydrogen-bond donors (Lipinski definition) is 0. The minimum atomic E-state index is 0.0763. The summed E-state index contributed by atoms with van der Waals surface area (Å²) in [7, 11) is 0. The average Bonchev–Trinajstić information content (AvgIpc) is 2.16. The van der Waals surface area contributed by atoms with Gasteiger partial charge in [0.05, 0.1) is 12.2 Å². The number of fused-ring (bicyclic) bond motifs is 1. The number of halogens is 1. The van der Waals surface area contributed by atoms with Gasteiger partial charge in [-0.2, -0.15) is 5.10 Å². The second-order valence-corrected chi connectivity index (χ2v) is 3.72. The number of hydrogen-bond acceptors (Lipinski definition) is 3. The summed E-state index contributed by atoms with van der Waals surface area (Å²) >= 11 is 5.72. The van der Waals surface area contributed by atoms with Crippen molar-refractivity contribution in [3.8, 4) is 0 Å². The molecule has 0 atom stereocenters. The summed E-state index contributed by atoms with van der Waals surface area (Å²) in [6.45, 7) is 2.85. The van der Waals surface area contributed by atoms with Gasteiger partial charge in [-0.05, 0) is 18.1 Å². The fraction of sp³-hybridized carbons (Fsp3) is 0.444. The van der Waals surface area contributed by atoms with E-state index in [1.54, 1.807) is 11.8 Å². The van der Waals surface area contributed by atoms with Gasteiger partial charge < -0.3 is 4.90 Å². The summed E-state index contributed by atoms with van der Waals surface area (Å²) in [4.78, 5) is 12.9. The van der Waals surface area contributed by atoms with Crippen LogP contribution in [0.3, 0.4) is 0 Å². The number of carbonyl (C=O) groups is 1. The SMILES string of the molecule is CC(=O)N1CCc2cc(Cl)nnc2C1. The summed E-state index contributed by atoms with van der Waals surface area (Å²) in [5, 5.41) is 8.16. The molecular formula is C9H10ClN3O. The molecule has 4 nitrogen and oxygen atoms in total. The Morgan fingerprint density at radius 1 is 1.57 bits per heavy atom. The first-order valence-electron chi connectivity index (χ1n) is 4.43. The second kappa shape index (κ2) is 3.53. The molecule has 0 aliphatic carbocycles. The standard InChI is InChI=1S/C9H10ClN3O/c1-6(14)13-3-2-7-4-9(10)12-11-8(7)5-13/h4H,2-3,5H2,1H3. The van der Waals surface area contributed by atoms with Crippen LogP contribution >= 0.6 is 11.6 Å². The highest BCUT2D eigenvalue weighted by molar-refractivity contribution is 6.29. The predicted octanol–water partition coefficient (Wildman–Crippen LogP) is 1.03. The van der Waals surface area contributed by atoms with Crippen LogP contribution in [0.2, 0.25) is 5.15 Å². The van der Waals surface area contributed by atoms with Crippen LogP contribution in [0.5, 0.6) is 0 Å². The van der Waals surface area contributed by atoms with Crippen molar-refractivity contribution in [1.82, 2.24) is 15.1 Å². The van der Waals surface area contributed by atoms with Crippen molar-refractivity contribution in [3.05, 3.63) is 22.5 Å². The van der Waals surface area contributed by atoms with Crippen molar-refractivity contribution >= 4 is 17.5 Å². The Balaban J connectivity index is 2.27. The van der Waals surface area contributed by atoms with Gasteiger partial charge in [0, 0.05) is 13.5 Å². The third kappa shape index (κ3) is 1.70. The molecule has 0 radical (unpaired) electrons. The van der Waals surface area contributed by atoms with Crippen LogP contribution in [0.15, 0.2) is 6.07 Å². The van der Waals surface area contributed by atoms with Crippen LogP contribution < -0.4 is 0 Å². The Morgan fingerprint density at radius 2 is 2.36 bits per heavy atom. The molecule has 0 saturated carbocycles. The molecule has 1 aromatic heterocycles. The van der Waals surface area contributed by atoms with Crippen molar-refractivity contribution in [1.29, 1.82) is 0 Å². The molecule has 0 saturated heterocycles. The van der Waals surface area contributed by atoms with Crippen molar-refractivity contribution < 1.29 is 4.79 Å². The summed E-state index contributed by atoms with van der Waals surface area (Å²) in [5.74, 6) is 0.0763. The summed E-state index contributed by atoms with van der Waals surface area (Å²) in [6.07, 6.45) is 0.810. The Bertz CT molecular complexity index is 380. The molecule has 5 heteroatoms. The number of nitrogens with zero attached hydrogens (tertiary/aromatic N) is 3. The van der Waals surface area contributed by atoms with E-state index in [0.717, 1.165) is 24.2 Å². The van der Waals surface area contributed by atoms with Gasteiger partial charge >= 0.3 is 0 Å². The number of amides is 1. The molecule has 1 aliphatic heterocycles. The summed E-state index contributed by atoms with van der Waals surface area (Å²) in [6, 6.07) is 1.82. The first-order chi connectivity index (χ1) is 6.66. The van der Waals surface area contributed by atoms with E-state index < -0.39 is 0 Å². The molecule has 0 N–H and O–H groups in total. The molecular weight excluding hydrogens is 202 g/mol. The van der Waals surface area contributed by atoms with Crippen LogP contribution in [0.25, 0.3) is 0 Å². The van der Waals surface area contributed by atoms with Crippen LogP contribution in [-0.2, 0) is 17.8 Å². The van der Waals surface area contributed by atoms with Crippen molar-refractivity contribution in [2.45, 2.75) is 19.9 Å². The molecule has 1 aromatic rings. The van der Waals surface area contributed by atoms with E-state index in [0.29, 0.717) is 11.7 Å². The molecule has 0 unspecified atom stereocenters. The van der Waals surface area contributed by atoms with Gasteiger partial charge in [0.1, 0.15) is 0 Å². The quantitative estimate of drug-likeness (QED) is 0.644. The molecule has 0 fully saturated rings. The van der Waals surface area contributed by atoms with Gasteiger partial charge in [-0.25, -0.2) is 0 Å². The lowest BCUT2D eigenvalue weighted by Crippen LogP contribution is -2.34. The number of carbonyl (C=O) groups excluding carboxylic acids is 1. The molecule has 0 spiro atoms. The Kier molecular flexibility index (Phi) is 2.37. The lowest BCUT2D eigenvalue weighted by molar-refractivity contribution is -0.129. The first kappa shape index (κ1) is 9.40. The Morgan fingerprint density at radius 3 is 3.07 bits per heavy atom. The maximum Gasteiger partial charge on any atom is 0.219 e. The third-order valence-electron chi connectivity index (χ3n) is 2.37. The highest BCUT2D eigenvalue weighted by Crippen LogP contribution is 2.18. The van der Waals surface area contributed by atoms with Gasteiger partial charge in [0.15, 0.2) is 5.15 Å². The highest BCUT2D eigenvalue weighted by atomic mass is 35.5. The van der Waals surface area contributed by atoms with Crippen LogP contribution in [0, 0.1) is 0 Å². The van der Waals surface area contributed by atoms with Gasteiger partial charge in [0.25, 0.3) is 0 Å². The first-order valence-corrected chi connectivity index (χ1v) is 4.81. The van der Waals surface area contributed by atoms with Gasteiger partial charge in [-0.1, -0.05) is 11.6 Å². The monoisotopic (exact) mass is 211 g/mol. The molecule has 74 valence electrons. The maximum absolute atomic E-state index is 11.1. The molecule has 0 aromatic carbocycles. The van der Waals surface area contributed by atoms with Crippen molar-refractivity contribution in [2.75, 3.05) is 6.54 Å². The predicted molar refractivity (Wildman–Crippen MR) is 51.8 cm³/mol. The smallest absolute Gasteiger partial charge is 0.219 e. The lowest BCUT2D eigenvalue weighted by atomic mass is 10.1. The number of rotatable bonds is 0. The van der Waals surface area contributed by atoms with E-state index >= 15 is 0 Å². The van der Waals surface area contributed by atoms with Crippen LogP contribution in [-0.4, -0.2) is 27.5 Å². The highest BCUT2D eigenvalue weighted by Gasteiger charge is 2.19. The molecule has 2 rings (SSSR count). The fourth-order valence-electron chi connectivity index (χ4n) is 1.56. The Labute approximate surface area is 86.9 Å². The summed E-state index contributed by atoms with van der Waals surface area (Å²) in [5.41, 5.74) is 1.96. The zero-order valence-corrected chi connectivity index (χ0v) is 8.58. The molecule has 1 aliphatic rings. The van der Waals surface area contributed by atoms with E-state index in [9.17, 15) is 4.79 Å². The van der Waals surface area contributed by atoms with Crippen LogP contribution in [0.4, 0.5) is 0 Å². The van der Waals surface area contributed by atoms with Crippen molar-refractivity contribution in [2.24, 2.45) is 0 Å². The lowest BCUT2D eigenvalue weighted by Gasteiger charge is -2.26. The molecule has 14 heavy (non-hydrogen) atoms.